The van der Waals surface area contributed by atoms with Crippen molar-refractivity contribution in [2.75, 3.05) is 6.26 Å². The van der Waals surface area contributed by atoms with Gasteiger partial charge in [-0.3, -0.25) is 0 Å². The molecule has 70 valence electrons. The molecule has 7 heteroatoms. The molecule has 13 heavy (non-hydrogen) atoms. The van der Waals surface area contributed by atoms with Crippen LogP contribution in [-0.4, -0.2) is 21.7 Å². The van der Waals surface area contributed by atoms with Crippen molar-refractivity contribution in [2.45, 2.75) is 5.16 Å². The highest BCUT2D eigenvalue weighted by atomic mass is 35.5. The van der Waals surface area contributed by atoms with E-state index >= 15 is 0 Å². The monoisotopic (exact) mass is 238 g/mol. The predicted octanol–water partition coefficient (Wildman–Crippen LogP) is 2.59. The van der Waals surface area contributed by atoms with Crippen LogP contribution in [0.2, 0.25) is 5.15 Å². The van der Waals surface area contributed by atoms with Gasteiger partial charge in [0.25, 0.3) is 0 Å². The van der Waals surface area contributed by atoms with E-state index < -0.39 is 5.43 Å². The third kappa shape index (κ3) is 3.02. The first-order chi connectivity index (χ1) is 6.13. The molecule has 1 heterocycles. The molecule has 1 aromatic heterocycles. The van der Waals surface area contributed by atoms with Crippen molar-refractivity contribution in [1.29, 1.82) is 0 Å². The minimum Gasteiger partial charge on any atom is -0.410 e. The first-order valence-electron chi connectivity index (χ1n) is 3.07. The molecule has 0 atom stereocenters. The molecule has 0 aliphatic rings. The Morgan fingerprint density at radius 2 is 2.38 bits per heavy atom. The summed E-state index contributed by atoms with van der Waals surface area (Å²) >= 11 is 12.0. The average Bonchev–Trinajstić information content (AvgIpc) is 2.08. The van der Waals surface area contributed by atoms with Crippen LogP contribution in [-0.2, 0) is 0 Å². The minimum atomic E-state index is -0.970. The van der Waals surface area contributed by atoms with Crippen molar-refractivity contribution in [3.05, 3.63) is 11.3 Å². The smallest absolute Gasteiger partial charge is 0.409 e. The number of hydrogen-bond donors (Lipinski definition) is 0. The number of thioether (sulfide) groups is 1. The molecule has 0 spiro atoms. The maximum absolute atomic E-state index is 10.3. The Balaban J connectivity index is 2.91. The average molecular weight is 239 g/mol. The molecule has 1 rings (SSSR count). The Kier molecular flexibility index (Phi) is 3.77. The number of hydrogen-bond acceptors (Lipinski definition) is 5. The van der Waals surface area contributed by atoms with Crippen LogP contribution in [0.5, 0.6) is 5.75 Å². The summed E-state index contributed by atoms with van der Waals surface area (Å²) in [6, 6.07) is 0. The van der Waals surface area contributed by atoms with Gasteiger partial charge < -0.3 is 4.74 Å². The lowest BCUT2D eigenvalue weighted by Gasteiger charge is -2.01. The summed E-state index contributed by atoms with van der Waals surface area (Å²) in [5.74, 6) is 0.0551. The lowest BCUT2D eigenvalue weighted by atomic mass is 10.6. The van der Waals surface area contributed by atoms with Crippen LogP contribution in [0.15, 0.2) is 11.4 Å². The Morgan fingerprint density at radius 3 is 2.85 bits per heavy atom. The van der Waals surface area contributed by atoms with Gasteiger partial charge in [-0.25, -0.2) is 14.8 Å². The van der Waals surface area contributed by atoms with Crippen LogP contribution in [0.4, 0.5) is 4.79 Å². The van der Waals surface area contributed by atoms with Gasteiger partial charge in [0.1, 0.15) is 0 Å². The van der Waals surface area contributed by atoms with Crippen molar-refractivity contribution in [2.24, 2.45) is 0 Å². The highest BCUT2D eigenvalue weighted by Crippen LogP contribution is 2.23. The van der Waals surface area contributed by atoms with Crippen LogP contribution in [0.1, 0.15) is 0 Å². The van der Waals surface area contributed by atoms with E-state index in [0.29, 0.717) is 5.16 Å². The molecule has 0 saturated carbocycles. The van der Waals surface area contributed by atoms with Crippen LogP contribution >= 0.6 is 35.0 Å². The summed E-state index contributed by atoms with van der Waals surface area (Å²) in [7, 11) is 0. The van der Waals surface area contributed by atoms with Gasteiger partial charge >= 0.3 is 5.43 Å². The second kappa shape index (κ2) is 4.64. The maximum Gasteiger partial charge on any atom is 0.409 e. The van der Waals surface area contributed by atoms with Gasteiger partial charge in [-0.2, -0.15) is 0 Å². The van der Waals surface area contributed by atoms with Gasteiger partial charge in [0.05, 0.1) is 6.20 Å². The standard InChI is InChI=1S/C6H4Cl2N2O2S/c1-13-6-9-2-3(4(7)10-6)12-5(8)11/h2H,1H3. The predicted molar refractivity (Wildman–Crippen MR) is 50.7 cm³/mol. The van der Waals surface area contributed by atoms with E-state index in [-0.39, 0.29) is 10.9 Å². The zero-order valence-corrected chi connectivity index (χ0v) is 8.78. The lowest BCUT2D eigenvalue weighted by molar-refractivity contribution is 0.225. The topological polar surface area (TPSA) is 52.1 Å². The van der Waals surface area contributed by atoms with Gasteiger partial charge in [-0.15, -0.1) is 0 Å². The fraction of sp³-hybridized carbons (Fsp3) is 0.167. The van der Waals surface area contributed by atoms with Crippen LogP contribution in [0.3, 0.4) is 0 Å². The van der Waals surface area contributed by atoms with Crippen LogP contribution < -0.4 is 4.74 Å². The van der Waals surface area contributed by atoms with Crippen molar-refractivity contribution in [3.8, 4) is 5.75 Å². The molecule has 4 nitrogen and oxygen atoms in total. The quantitative estimate of drug-likeness (QED) is 0.343. The summed E-state index contributed by atoms with van der Waals surface area (Å²) in [5, 5.41) is 0.563. The third-order valence-electron chi connectivity index (χ3n) is 1.06. The number of carbonyl (C=O) groups is 1. The van der Waals surface area contributed by atoms with Crippen molar-refractivity contribution < 1.29 is 9.53 Å². The SMILES string of the molecule is CSc1ncc(OC(=O)Cl)c(Cl)n1. The molecule has 1 aromatic rings. The summed E-state index contributed by atoms with van der Waals surface area (Å²) in [6.45, 7) is 0. The molecule has 0 bridgehead atoms. The van der Waals surface area contributed by atoms with Crippen LogP contribution in [0.25, 0.3) is 0 Å². The maximum atomic E-state index is 10.3. The van der Waals surface area contributed by atoms with Crippen molar-refractivity contribution in [1.82, 2.24) is 9.97 Å². The molecule has 0 amide bonds. The van der Waals surface area contributed by atoms with E-state index in [0.717, 1.165) is 0 Å². The normalized spacial score (nSPS) is 9.77. The zero-order chi connectivity index (χ0) is 9.84. The van der Waals surface area contributed by atoms with Crippen molar-refractivity contribution >= 4 is 40.4 Å². The minimum absolute atomic E-state index is 0.0551. The van der Waals surface area contributed by atoms with Gasteiger partial charge in [-0.1, -0.05) is 23.4 Å². The molecule has 0 aliphatic heterocycles. The first-order valence-corrected chi connectivity index (χ1v) is 5.05. The van der Waals surface area contributed by atoms with Gasteiger partial charge in [0, 0.05) is 11.6 Å². The molecular formula is C6H4Cl2N2O2S. The Bertz CT molecular complexity index is 334. The molecule has 0 N–H and O–H groups in total. The fourth-order valence-corrected chi connectivity index (χ4v) is 1.23. The van der Waals surface area contributed by atoms with E-state index in [4.69, 9.17) is 23.2 Å². The Morgan fingerprint density at radius 1 is 1.69 bits per heavy atom. The van der Waals surface area contributed by atoms with E-state index in [1.54, 1.807) is 6.26 Å². The molecular weight excluding hydrogens is 235 g/mol. The third-order valence-corrected chi connectivity index (χ3v) is 1.97. The molecule has 0 fully saturated rings. The highest BCUT2D eigenvalue weighted by molar-refractivity contribution is 7.98. The summed E-state index contributed by atoms with van der Waals surface area (Å²) in [6.07, 6.45) is 3.10. The number of aromatic nitrogens is 2. The summed E-state index contributed by atoms with van der Waals surface area (Å²) < 4.78 is 4.50. The summed E-state index contributed by atoms with van der Waals surface area (Å²) in [5.41, 5.74) is -0.970. The van der Waals surface area contributed by atoms with E-state index in [1.807, 2.05) is 0 Å². The Hall–Kier alpha value is -0.520. The second-order valence-corrected chi connectivity index (χ2v) is 3.29. The number of nitrogens with zero attached hydrogens (tertiary/aromatic N) is 2. The van der Waals surface area contributed by atoms with Gasteiger partial charge in [0.2, 0.25) is 0 Å². The fourth-order valence-electron chi connectivity index (χ4n) is 0.588. The summed E-state index contributed by atoms with van der Waals surface area (Å²) in [4.78, 5) is 18.0. The first kappa shape index (κ1) is 10.6. The number of rotatable bonds is 2. The Labute approximate surface area is 88.6 Å². The lowest BCUT2D eigenvalue weighted by Crippen LogP contribution is -1.99. The van der Waals surface area contributed by atoms with Gasteiger partial charge in [-0.05, 0) is 6.26 Å². The van der Waals surface area contributed by atoms with Crippen LogP contribution in [0, 0.1) is 0 Å². The van der Waals surface area contributed by atoms with E-state index in [9.17, 15) is 4.79 Å². The largest absolute Gasteiger partial charge is 0.410 e. The zero-order valence-electron chi connectivity index (χ0n) is 6.45. The van der Waals surface area contributed by atoms with Gasteiger partial charge in [0.15, 0.2) is 16.1 Å². The molecule has 0 aromatic carbocycles. The second-order valence-electron chi connectivity index (χ2n) is 1.85. The molecule has 0 aliphatic carbocycles. The number of halogens is 2. The molecule has 0 saturated heterocycles. The van der Waals surface area contributed by atoms with Crippen molar-refractivity contribution in [3.63, 3.8) is 0 Å². The number of carbonyl (C=O) groups excluding carboxylic acids is 1. The highest BCUT2D eigenvalue weighted by Gasteiger charge is 2.08. The molecule has 0 radical (unpaired) electrons. The van der Waals surface area contributed by atoms with E-state index in [1.165, 1.54) is 18.0 Å². The number of ether oxygens (including phenoxy) is 1. The van der Waals surface area contributed by atoms with E-state index in [2.05, 4.69) is 14.7 Å². The molecule has 0 unspecified atom stereocenters.